The molecule has 0 saturated carbocycles. The number of amides is 1. The maximum Gasteiger partial charge on any atom is 0.261 e. The standard InChI is InChI=1S/C13H16ClNO3S/c1-9-7-11(15-6-4-3-5-12(15)16)8-10(2)13(9)19(14,17)18/h7-8H,3-6H2,1-2H3. The van der Waals surface area contributed by atoms with E-state index in [0.29, 0.717) is 24.1 Å². The summed E-state index contributed by atoms with van der Waals surface area (Å²) in [5.41, 5.74) is 1.90. The number of carbonyl (C=O) groups is 1. The van der Waals surface area contributed by atoms with Gasteiger partial charge in [-0.25, -0.2) is 8.42 Å². The van der Waals surface area contributed by atoms with Gasteiger partial charge >= 0.3 is 0 Å². The summed E-state index contributed by atoms with van der Waals surface area (Å²) in [5, 5.41) is 0. The molecule has 0 N–H and O–H groups in total. The minimum Gasteiger partial charge on any atom is -0.312 e. The second-order valence-corrected chi connectivity index (χ2v) is 7.35. The van der Waals surface area contributed by atoms with Crippen LogP contribution in [-0.2, 0) is 13.8 Å². The summed E-state index contributed by atoms with van der Waals surface area (Å²) in [5.74, 6) is 0.0894. The molecule has 0 aliphatic carbocycles. The number of anilines is 1. The molecule has 6 heteroatoms. The zero-order chi connectivity index (χ0) is 14.2. The van der Waals surface area contributed by atoms with Crippen molar-refractivity contribution < 1.29 is 13.2 Å². The van der Waals surface area contributed by atoms with E-state index in [4.69, 9.17) is 10.7 Å². The Morgan fingerprint density at radius 3 is 2.21 bits per heavy atom. The first-order valence-corrected chi connectivity index (χ1v) is 8.48. The lowest BCUT2D eigenvalue weighted by Gasteiger charge is -2.27. The van der Waals surface area contributed by atoms with Crippen molar-refractivity contribution in [2.75, 3.05) is 11.4 Å². The summed E-state index contributed by atoms with van der Waals surface area (Å²) in [4.78, 5) is 13.7. The highest BCUT2D eigenvalue weighted by atomic mass is 35.7. The zero-order valence-electron chi connectivity index (χ0n) is 10.9. The normalized spacial score (nSPS) is 16.8. The molecule has 0 bridgehead atoms. The molecular weight excluding hydrogens is 286 g/mol. The monoisotopic (exact) mass is 301 g/mol. The number of aryl methyl sites for hydroxylation is 2. The summed E-state index contributed by atoms with van der Waals surface area (Å²) in [6.07, 6.45) is 2.44. The third kappa shape index (κ3) is 2.92. The van der Waals surface area contributed by atoms with Crippen LogP contribution in [0.5, 0.6) is 0 Å². The van der Waals surface area contributed by atoms with Gasteiger partial charge in [0.2, 0.25) is 5.91 Å². The highest BCUT2D eigenvalue weighted by molar-refractivity contribution is 8.13. The van der Waals surface area contributed by atoms with E-state index in [2.05, 4.69) is 0 Å². The Bertz CT molecular complexity index is 602. The van der Waals surface area contributed by atoms with Crippen molar-refractivity contribution in [2.24, 2.45) is 0 Å². The van der Waals surface area contributed by atoms with Gasteiger partial charge in [-0.2, -0.15) is 0 Å². The van der Waals surface area contributed by atoms with Gasteiger partial charge in [0.25, 0.3) is 9.05 Å². The molecule has 0 unspecified atom stereocenters. The molecule has 2 rings (SSSR count). The topological polar surface area (TPSA) is 54.5 Å². The number of carbonyl (C=O) groups excluding carboxylic acids is 1. The van der Waals surface area contributed by atoms with Crippen molar-refractivity contribution in [3.63, 3.8) is 0 Å². The van der Waals surface area contributed by atoms with Crippen LogP contribution in [0.3, 0.4) is 0 Å². The molecule has 1 amide bonds. The number of hydrogen-bond acceptors (Lipinski definition) is 3. The lowest BCUT2D eigenvalue weighted by atomic mass is 10.1. The van der Waals surface area contributed by atoms with Crippen LogP contribution >= 0.6 is 10.7 Å². The minimum atomic E-state index is -3.76. The third-order valence-corrected chi connectivity index (χ3v) is 4.92. The fourth-order valence-electron chi connectivity index (χ4n) is 2.55. The lowest BCUT2D eigenvalue weighted by molar-refractivity contribution is -0.119. The van der Waals surface area contributed by atoms with E-state index in [9.17, 15) is 13.2 Å². The Balaban J connectivity index is 2.48. The molecule has 1 aromatic rings. The molecule has 1 aromatic carbocycles. The van der Waals surface area contributed by atoms with Crippen LogP contribution in [0.15, 0.2) is 17.0 Å². The molecule has 19 heavy (non-hydrogen) atoms. The maximum atomic E-state index is 11.9. The average Bonchev–Trinajstić information content (AvgIpc) is 2.26. The van der Waals surface area contributed by atoms with Gasteiger partial charge in [-0.05, 0) is 49.9 Å². The van der Waals surface area contributed by atoms with Crippen LogP contribution < -0.4 is 4.90 Å². The maximum absolute atomic E-state index is 11.9. The third-order valence-electron chi connectivity index (χ3n) is 3.32. The van der Waals surface area contributed by atoms with E-state index in [-0.39, 0.29) is 10.8 Å². The van der Waals surface area contributed by atoms with Crippen LogP contribution in [0, 0.1) is 13.8 Å². The van der Waals surface area contributed by atoms with E-state index >= 15 is 0 Å². The molecule has 1 aliphatic heterocycles. The Morgan fingerprint density at radius 1 is 1.16 bits per heavy atom. The molecule has 0 aromatic heterocycles. The molecular formula is C13H16ClNO3S. The van der Waals surface area contributed by atoms with E-state index in [1.165, 1.54) is 0 Å². The predicted molar refractivity (Wildman–Crippen MR) is 75.2 cm³/mol. The number of piperidine rings is 1. The number of rotatable bonds is 2. The number of halogens is 1. The first-order chi connectivity index (χ1) is 8.80. The second-order valence-electron chi connectivity index (χ2n) is 4.85. The fraction of sp³-hybridized carbons (Fsp3) is 0.462. The van der Waals surface area contributed by atoms with Crippen molar-refractivity contribution in [1.29, 1.82) is 0 Å². The van der Waals surface area contributed by atoms with Crippen LogP contribution in [0.1, 0.15) is 30.4 Å². The van der Waals surface area contributed by atoms with Crippen LogP contribution in [0.2, 0.25) is 0 Å². The van der Waals surface area contributed by atoms with Crippen molar-refractivity contribution in [1.82, 2.24) is 0 Å². The van der Waals surface area contributed by atoms with E-state index in [0.717, 1.165) is 18.5 Å². The van der Waals surface area contributed by atoms with Crippen molar-refractivity contribution in [3.8, 4) is 0 Å². The van der Waals surface area contributed by atoms with Crippen molar-refractivity contribution in [2.45, 2.75) is 38.0 Å². The smallest absolute Gasteiger partial charge is 0.261 e. The van der Waals surface area contributed by atoms with Gasteiger partial charge in [0, 0.05) is 29.3 Å². The Hall–Kier alpha value is -1.07. The quantitative estimate of drug-likeness (QED) is 0.789. The summed E-state index contributed by atoms with van der Waals surface area (Å²) < 4.78 is 23.0. The molecule has 0 atom stereocenters. The largest absolute Gasteiger partial charge is 0.312 e. The van der Waals surface area contributed by atoms with Crippen molar-refractivity contribution >= 4 is 31.3 Å². The zero-order valence-corrected chi connectivity index (χ0v) is 12.5. The van der Waals surface area contributed by atoms with Gasteiger partial charge < -0.3 is 4.90 Å². The minimum absolute atomic E-state index is 0.0894. The molecule has 1 saturated heterocycles. The molecule has 0 spiro atoms. The van der Waals surface area contributed by atoms with E-state index < -0.39 is 9.05 Å². The van der Waals surface area contributed by atoms with Gasteiger partial charge in [0.05, 0.1) is 4.90 Å². The van der Waals surface area contributed by atoms with Crippen LogP contribution in [0.4, 0.5) is 5.69 Å². The highest BCUT2D eigenvalue weighted by Gasteiger charge is 2.23. The summed E-state index contributed by atoms with van der Waals surface area (Å²) >= 11 is 0. The van der Waals surface area contributed by atoms with Crippen LogP contribution in [-0.4, -0.2) is 20.9 Å². The molecule has 1 heterocycles. The van der Waals surface area contributed by atoms with E-state index in [1.54, 1.807) is 30.9 Å². The molecule has 4 nitrogen and oxygen atoms in total. The number of benzene rings is 1. The second kappa shape index (κ2) is 5.13. The first-order valence-electron chi connectivity index (χ1n) is 6.17. The average molecular weight is 302 g/mol. The van der Waals surface area contributed by atoms with Crippen molar-refractivity contribution in [3.05, 3.63) is 23.3 Å². The Morgan fingerprint density at radius 2 is 1.74 bits per heavy atom. The molecule has 0 radical (unpaired) electrons. The van der Waals surface area contributed by atoms with Gasteiger partial charge in [0.15, 0.2) is 0 Å². The number of nitrogens with zero attached hydrogens (tertiary/aromatic N) is 1. The van der Waals surface area contributed by atoms with Gasteiger partial charge in [-0.15, -0.1) is 0 Å². The van der Waals surface area contributed by atoms with Gasteiger partial charge in [-0.1, -0.05) is 0 Å². The number of hydrogen-bond donors (Lipinski definition) is 0. The first kappa shape index (κ1) is 14.3. The Labute approximate surface area is 117 Å². The van der Waals surface area contributed by atoms with Gasteiger partial charge in [0.1, 0.15) is 0 Å². The van der Waals surface area contributed by atoms with Gasteiger partial charge in [-0.3, -0.25) is 4.79 Å². The molecule has 1 fully saturated rings. The summed E-state index contributed by atoms with van der Waals surface area (Å²) in [6, 6.07) is 3.43. The summed E-state index contributed by atoms with van der Waals surface area (Å²) in [7, 11) is 1.67. The molecule has 1 aliphatic rings. The Kier molecular flexibility index (Phi) is 3.87. The predicted octanol–water partition coefficient (Wildman–Crippen LogP) is 2.75. The SMILES string of the molecule is Cc1cc(N2CCCCC2=O)cc(C)c1S(=O)(=O)Cl. The fourth-order valence-corrected chi connectivity index (χ4v) is 4.16. The highest BCUT2D eigenvalue weighted by Crippen LogP contribution is 2.30. The summed E-state index contributed by atoms with van der Waals surface area (Å²) in [6.45, 7) is 4.07. The lowest BCUT2D eigenvalue weighted by Crippen LogP contribution is -2.35. The molecule has 104 valence electrons. The van der Waals surface area contributed by atoms with E-state index in [1.807, 2.05) is 0 Å². The van der Waals surface area contributed by atoms with Crippen LogP contribution in [0.25, 0.3) is 0 Å².